The van der Waals surface area contributed by atoms with E-state index in [-0.39, 0.29) is 22.8 Å². The molecule has 2 rings (SSSR count). The molecular formula is C13H21F3N4S. The first-order valence-electron chi connectivity index (χ1n) is 7.03. The van der Waals surface area contributed by atoms with Crippen molar-refractivity contribution in [2.45, 2.75) is 64.3 Å². The molecule has 1 fully saturated rings. The summed E-state index contributed by atoms with van der Waals surface area (Å²) in [5, 5.41) is 9.30. The van der Waals surface area contributed by atoms with E-state index in [1.54, 1.807) is 0 Å². The van der Waals surface area contributed by atoms with Gasteiger partial charge in [-0.2, -0.15) is 13.2 Å². The van der Waals surface area contributed by atoms with Crippen molar-refractivity contribution in [3.63, 3.8) is 0 Å². The third-order valence-electron chi connectivity index (χ3n) is 3.83. The van der Waals surface area contributed by atoms with Crippen molar-refractivity contribution < 1.29 is 13.2 Å². The smallest absolute Gasteiger partial charge is 0.356 e. The molecule has 8 heteroatoms. The monoisotopic (exact) mass is 322 g/mol. The molecule has 0 amide bonds. The average molecular weight is 322 g/mol. The quantitative estimate of drug-likeness (QED) is 0.903. The SMILES string of the molecule is C[C@H]1[C@H](Nc2nnc(C(F)(F)F)s2)CCCN1C(C)(C)C. The van der Waals surface area contributed by atoms with E-state index in [0.717, 1.165) is 19.4 Å². The van der Waals surface area contributed by atoms with Crippen LogP contribution >= 0.6 is 11.3 Å². The van der Waals surface area contributed by atoms with Crippen molar-refractivity contribution >= 4 is 16.5 Å². The molecule has 0 radical (unpaired) electrons. The summed E-state index contributed by atoms with van der Waals surface area (Å²) in [6.07, 6.45) is -2.48. The van der Waals surface area contributed by atoms with Crippen LogP contribution in [0.2, 0.25) is 0 Å². The highest BCUT2D eigenvalue weighted by Gasteiger charge is 2.37. The number of hydrogen-bond acceptors (Lipinski definition) is 5. The molecule has 1 aliphatic rings. The highest BCUT2D eigenvalue weighted by molar-refractivity contribution is 7.15. The van der Waals surface area contributed by atoms with E-state index in [4.69, 9.17) is 0 Å². The molecular weight excluding hydrogens is 301 g/mol. The Hall–Kier alpha value is -0.890. The summed E-state index contributed by atoms with van der Waals surface area (Å²) in [4.78, 5) is 2.37. The standard InChI is InChI=1S/C13H21F3N4S/c1-8-9(6-5-7-20(8)12(2,3)4)17-11-19-18-10(21-11)13(14,15)16/h8-9H,5-7H2,1-4H3,(H,17,19)/t8-,9+/m0/s1. The van der Waals surface area contributed by atoms with Gasteiger partial charge in [0.15, 0.2) is 0 Å². The Morgan fingerprint density at radius 1 is 1.24 bits per heavy atom. The van der Waals surface area contributed by atoms with Crippen LogP contribution in [0.25, 0.3) is 0 Å². The van der Waals surface area contributed by atoms with Crippen LogP contribution in [0.5, 0.6) is 0 Å². The molecule has 0 aromatic carbocycles. The average Bonchev–Trinajstić information content (AvgIpc) is 2.78. The van der Waals surface area contributed by atoms with E-state index in [9.17, 15) is 13.2 Å². The van der Waals surface area contributed by atoms with Gasteiger partial charge in [-0.1, -0.05) is 11.3 Å². The van der Waals surface area contributed by atoms with Crippen molar-refractivity contribution in [2.75, 3.05) is 11.9 Å². The van der Waals surface area contributed by atoms with Gasteiger partial charge >= 0.3 is 6.18 Å². The third kappa shape index (κ3) is 3.85. The van der Waals surface area contributed by atoms with Crippen LogP contribution in [-0.2, 0) is 6.18 Å². The lowest BCUT2D eigenvalue weighted by molar-refractivity contribution is -0.138. The molecule has 1 N–H and O–H groups in total. The minimum Gasteiger partial charge on any atom is -0.356 e. The maximum absolute atomic E-state index is 12.5. The van der Waals surface area contributed by atoms with Gasteiger partial charge in [0.05, 0.1) is 0 Å². The van der Waals surface area contributed by atoms with Gasteiger partial charge in [0.25, 0.3) is 0 Å². The van der Waals surface area contributed by atoms with Crippen molar-refractivity contribution in [3.8, 4) is 0 Å². The molecule has 0 unspecified atom stereocenters. The summed E-state index contributed by atoms with van der Waals surface area (Å²) in [5.74, 6) is 0. The Balaban J connectivity index is 2.07. The second kappa shape index (κ2) is 5.72. The molecule has 1 aliphatic heterocycles. The molecule has 2 atom stereocenters. The lowest BCUT2D eigenvalue weighted by atomic mass is 9.92. The first-order chi connectivity index (χ1) is 9.59. The van der Waals surface area contributed by atoms with Crippen molar-refractivity contribution in [1.29, 1.82) is 0 Å². The summed E-state index contributed by atoms with van der Waals surface area (Å²) in [6.45, 7) is 9.57. The summed E-state index contributed by atoms with van der Waals surface area (Å²) in [6, 6.07) is 0.323. The molecule has 1 aromatic rings. The first kappa shape index (κ1) is 16.5. The van der Waals surface area contributed by atoms with Gasteiger partial charge in [0.2, 0.25) is 10.1 Å². The van der Waals surface area contributed by atoms with Crippen LogP contribution in [-0.4, -0.2) is 39.3 Å². The second-order valence-electron chi connectivity index (χ2n) is 6.41. The zero-order valence-corrected chi connectivity index (χ0v) is 13.5. The number of piperidine rings is 1. The molecule has 1 saturated heterocycles. The molecule has 21 heavy (non-hydrogen) atoms. The maximum Gasteiger partial charge on any atom is 0.445 e. The lowest BCUT2D eigenvalue weighted by Crippen LogP contribution is -2.56. The topological polar surface area (TPSA) is 41.1 Å². The Morgan fingerprint density at radius 3 is 2.43 bits per heavy atom. The van der Waals surface area contributed by atoms with Crippen molar-refractivity contribution in [3.05, 3.63) is 5.01 Å². The van der Waals surface area contributed by atoms with Crippen LogP contribution in [0.4, 0.5) is 18.3 Å². The normalized spacial score (nSPS) is 25.1. The van der Waals surface area contributed by atoms with E-state index in [1.807, 2.05) is 0 Å². The van der Waals surface area contributed by atoms with Gasteiger partial charge in [0.1, 0.15) is 0 Å². The van der Waals surface area contributed by atoms with Crippen molar-refractivity contribution in [2.24, 2.45) is 0 Å². The highest BCUT2D eigenvalue weighted by atomic mass is 32.1. The van der Waals surface area contributed by atoms with Gasteiger partial charge < -0.3 is 5.32 Å². The molecule has 2 heterocycles. The molecule has 4 nitrogen and oxygen atoms in total. The van der Waals surface area contributed by atoms with Gasteiger partial charge in [-0.15, -0.1) is 10.2 Å². The number of nitrogens with one attached hydrogen (secondary N) is 1. The minimum absolute atomic E-state index is 0.0397. The van der Waals surface area contributed by atoms with E-state index in [2.05, 4.69) is 48.1 Å². The maximum atomic E-state index is 12.5. The van der Waals surface area contributed by atoms with E-state index in [0.29, 0.717) is 11.3 Å². The number of hydrogen-bond donors (Lipinski definition) is 1. The first-order valence-corrected chi connectivity index (χ1v) is 7.84. The zero-order valence-electron chi connectivity index (χ0n) is 12.7. The zero-order chi connectivity index (χ0) is 15.8. The largest absolute Gasteiger partial charge is 0.445 e. The minimum atomic E-state index is -4.42. The summed E-state index contributed by atoms with van der Waals surface area (Å²) in [5.41, 5.74) is 0.0397. The number of anilines is 1. The fraction of sp³-hybridized carbons (Fsp3) is 0.846. The predicted molar refractivity (Wildman–Crippen MR) is 77.5 cm³/mol. The molecule has 0 spiro atoms. The fourth-order valence-electron chi connectivity index (χ4n) is 2.84. The number of likely N-dealkylation sites (tertiary alicyclic amines) is 1. The lowest BCUT2D eigenvalue weighted by Gasteiger charge is -2.47. The number of nitrogens with zero attached hydrogens (tertiary/aromatic N) is 3. The fourth-order valence-corrected chi connectivity index (χ4v) is 3.51. The summed E-state index contributed by atoms with van der Waals surface area (Å²) >= 11 is 0.567. The highest BCUT2D eigenvalue weighted by Crippen LogP contribution is 2.34. The Labute approximate surface area is 126 Å². The number of alkyl halides is 3. The molecule has 1 aromatic heterocycles. The number of rotatable bonds is 2. The van der Waals surface area contributed by atoms with E-state index >= 15 is 0 Å². The number of aromatic nitrogens is 2. The van der Waals surface area contributed by atoms with Gasteiger partial charge in [0, 0.05) is 17.6 Å². The summed E-state index contributed by atoms with van der Waals surface area (Å²) in [7, 11) is 0. The van der Waals surface area contributed by atoms with Crippen LogP contribution in [0, 0.1) is 0 Å². The Bertz CT molecular complexity index is 480. The van der Waals surface area contributed by atoms with Crippen LogP contribution < -0.4 is 5.32 Å². The molecule has 0 aliphatic carbocycles. The molecule has 0 bridgehead atoms. The van der Waals surface area contributed by atoms with Gasteiger partial charge in [-0.25, -0.2) is 0 Å². The second-order valence-corrected chi connectivity index (χ2v) is 7.39. The van der Waals surface area contributed by atoms with E-state index in [1.165, 1.54) is 0 Å². The van der Waals surface area contributed by atoms with Crippen molar-refractivity contribution in [1.82, 2.24) is 15.1 Å². The van der Waals surface area contributed by atoms with Gasteiger partial charge in [-0.3, -0.25) is 4.90 Å². The predicted octanol–water partition coefficient (Wildman–Crippen LogP) is 3.62. The van der Waals surface area contributed by atoms with Gasteiger partial charge in [-0.05, 0) is 47.1 Å². The van der Waals surface area contributed by atoms with Crippen LogP contribution in [0.15, 0.2) is 0 Å². The van der Waals surface area contributed by atoms with Crippen LogP contribution in [0.1, 0.15) is 45.5 Å². The van der Waals surface area contributed by atoms with E-state index < -0.39 is 11.2 Å². The Kier molecular flexibility index (Phi) is 4.49. The molecule has 0 saturated carbocycles. The molecule has 120 valence electrons. The van der Waals surface area contributed by atoms with Crippen LogP contribution in [0.3, 0.4) is 0 Å². The Morgan fingerprint density at radius 2 is 1.90 bits per heavy atom. The third-order valence-corrected chi connectivity index (χ3v) is 4.73. The number of halogens is 3. The summed E-state index contributed by atoms with van der Waals surface area (Å²) < 4.78 is 37.6.